The average Bonchev–Trinajstić information content (AvgIpc) is 2.57. The lowest BCUT2D eigenvalue weighted by Gasteiger charge is -2.10. The zero-order valence-electron chi connectivity index (χ0n) is 13.8. The summed E-state index contributed by atoms with van der Waals surface area (Å²) >= 11 is 0. The average molecular weight is 334 g/mol. The fraction of sp³-hybridized carbons (Fsp3) is 0.235. The number of carbonyl (C=O) groups excluding carboxylic acids is 2. The first-order valence-corrected chi connectivity index (χ1v) is 7.00. The number of allylic oxidation sites excluding steroid dienone is 2. The molecule has 0 atom stereocenters. The molecule has 0 spiro atoms. The maximum atomic E-state index is 13.3. The van der Waals surface area contributed by atoms with Crippen LogP contribution in [0.5, 0.6) is 5.75 Å². The lowest BCUT2D eigenvalue weighted by atomic mass is 10.1. The van der Waals surface area contributed by atoms with Gasteiger partial charge in [-0.15, -0.1) is 0 Å². The molecule has 1 rings (SSSR count). The molecule has 0 bridgehead atoms. The summed E-state index contributed by atoms with van der Waals surface area (Å²) in [6.45, 7) is 4.95. The topological polar surface area (TPSA) is 77.0 Å². The highest BCUT2D eigenvalue weighted by atomic mass is 19.1. The predicted molar refractivity (Wildman–Crippen MR) is 88.2 cm³/mol. The maximum Gasteiger partial charge on any atom is 0.356 e. The molecule has 7 heteroatoms. The van der Waals surface area contributed by atoms with Crippen LogP contribution in [0.3, 0.4) is 0 Å². The van der Waals surface area contributed by atoms with Crippen molar-refractivity contribution in [3.63, 3.8) is 0 Å². The van der Waals surface area contributed by atoms with Crippen molar-refractivity contribution in [1.82, 2.24) is 5.32 Å². The van der Waals surface area contributed by atoms with Crippen LogP contribution in [0.25, 0.3) is 0 Å². The highest BCUT2D eigenvalue weighted by molar-refractivity contribution is 5.90. The minimum absolute atomic E-state index is 0.0470. The molecule has 0 aromatic heterocycles. The minimum atomic E-state index is -0.676. The van der Waals surface area contributed by atoms with Crippen LogP contribution in [0.4, 0.5) is 4.39 Å². The number of halogens is 1. The highest BCUT2D eigenvalue weighted by Crippen LogP contribution is 2.20. The van der Waals surface area contributed by atoms with Crippen LogP contribution < -0.4 is 10.1 Å². The molecule has 1 N–H and O–H groups in total. The van der Waals surface area contributed by atoms with E-state index in [-0.39, 0.29) is 12.1 Å². The number of carbonyl (C=O) groups is 2. The van der Waals surface area contributed by atoms with Crippen molar-refractivity contribution in [3.8, 4) is 5.75 Å². The molecular formula is C17H19FN2O4. The molecule has 6 nitrogen and oxygen atoms in total. The number of benzene rings is 1. The van der Waals surface area contributed by atoms with Crippen molar-refractivity contribution >= 4 is 18.6 Å². The predicted octanol–water partition coefficient (Wildman–Crippen LogP) is 2.15. The van der Waals surface area contributed by atoms with Gasteiger partial charge >= 0.3 is 5.97 Å². The van der Waals surface area contributed by atoms with E-state index in [1.807, 2.05) is 0 Å². The Kier molecular flexibility index (Phi) is 7.35. The van der Waals surface area contributed by atoms with Gasteiger partial charge in [0.25, 0.3) is 0 Å². The third kappa shape index (κ3) is 5.35. The van der Waals surface area contributed by atoms with E-state index in [4.69, 9.17) is 4.74 Å². The van der Waals surface area contributed by atoms with Crippen LogP contribution in [-0.2, 0) is 20.7 Å². The van der Waals surface area contributed by atoms with Crippen molar-refractivity contribution in [2.75, 3.05) is 14.2 Å². The van der Waals surface area contributed by atoms with Gasteiger partial charge in [0.05, 0.1) is 20.6 Å². The monoisotopic (exact) mass is 334 g/mol. The molecule has 0 unspecified atom stereocenters. The van der Waals surface area contributed by atoms with Gasteiger partial charge in [0.2, 0.25) is 5.91 Å². The van der Waals surface area contributed by atoms with Crippen molar-refractivity contribution in [1.29, 1.82) is 0 Å². The molecular weight excluding hydrogens is 315 g/mol. The van der Waals surface area contributed by atoms with Gasteiger partial charge < -0.3 is 14.8 Å². The number of nitrogens with zero attached hydrogens (tertiary/aromatic N) is 1. The lowest BCUT2D eigenvalue weighted by Crippen LogP contribution is -2.24. The number of hydrogen-bond donors (Lipinski definition) is 1. The summed E-state index contributed by atoms with van der Waals surface area (Å²) in [4.78, 5) is 27.2. The molecule has 128 valence electrons. The van der Waals surface area contributed by atoms with Gasteiger partial charge in [0.15, 0.2) is 0 Å². The van der Waals surface area contributed by atoms with E-state index in [1.54, 1.807) is 13.0 Å². The molecule has 0 radical (unpaired) electrons. The number of rotatable bonds is 7. The van der Waals surface area contributed by atoms with E-state index in [2.05, 4.69) is 21.8 Å². The van der Waals surface area contributed by atoms with Gasteiger partial charge in [0, 0.05) is 11.3 Å². The summed E-state index contributed by atoms with van der Waals surface area (Å²) in [5.41, 5.74) is 0.696. The van der Waals surface area contributed by atoms with E-state index in [0.29, 0.717) is 17.0 Å². The van der Waals surface area contributed by atoms with Gasteiger partial charge in [-0.05, 0) is 37.9 Å². The van der Waals surface area contributed by atoms with E-state index in [9.17, 15) is 14.0 Å². The highest BCUT2D eigenvalue weighted by Gasteiger charge is 2.12. The van der Waals surface area contributed by atoms with Gasteiger partial charge in [-0.2, -0.15) is 0 Å². The number of ether oxygens (including phenoxy) is 2. The van der Waals surface area contributed by atoms with Gasteiger partial charge in [-0.1, -0.05) is 6.08 Å². The second-order valence-corrected chi connectivity index (χ2v) is 4.60. The zero-order chi connectivity index (χ0) is 18.1. The smallest absolute Gasteiger partial charge is 0.356 e. The molecule has 1 aromatic carbocycles. The summed E-state index contributed by atoms with van der Waals surface area (Å²) in [7, 11) is 2.65. The van der Waals surface area contributed by atoms with Gasteiger partial charge in [-0.25, -0.2) is 9.18 Å². The molecule has 0 saturated carbocycles. The Hall–Kier alpha value is -2.96. The van der Waals surface area contributed by atoms with Crippen LogP contribution in [0.15, 0.2) is 46.7 Å². The molecule has 0 aliphatic heterocycles. The van der Waals surface area contributed by atoms with Crippen molar-refractivity contribution < 1.29 is 23.5 Å². The third-order valence-electron chi connectivity index (χ3n) is 3.05. The first kappa shape index (κ1) is 19.1. The minimum Gasteiger partial charge on any atom is -0.496 e. The van der Waals surface area contributed by atoms with Crippen molar-refractivity contribution in [2.45, 2.75) is 13.3 Å². The molecule has 24 heavy (non-hydrogen) atoms. The normalized spacial score (nSPS) is 11.7. The molecule has 1 amide bonds. The number of methoxy groups -OCH3 is 2. The Balaban J connectivity index is 2.90. The molecule has 0 saturated heterocycles. The SMILES string of the molecule is C=N/C(=C\C(=C/C)NC(=O)Cc1cc(F)ccc1OC)C(=O)OC. The Labute approximate surface area is 139 Å². The Morgan fingerprint density at radius 3 is 2.62 bits per heavy atom. The molecule has 1 aromatic rings. The standard InChI is InChI=1S/C17H19FN2O4/c1-5-13(10-14(19-2)17(22)24-4)20-16(21)9-11-8-12(18)6-7-15(11)23-3/h5-8,10H,2,9H2,1,3-4H3,(H,20,21)/b13-5+,14-10-. The zero-order valence-corrected chi connectivity index (χ0v) is 13.8. The van der Waals surface area contributed by atoms with E-state index < -0.39 is 17.7 Å². The van der Waals surface area contributed by atoms with Crippen molar-refractivity contribution in [3.05, 3.63) is 53.1 Å². The molecule has 0 aliphatic carbocycles. The quantitative estimate of drug-likeness (QED) is 0.359. The second kappa shape index (κ2) is 9.24. The van der Waals surface area contributed by atoms with Crippen LogP contribution >= 0.6 is 0 Å². The molecule has 0 fully saturated rings. The molecule has 0 heterocycles. The lowest BCUT2D eigenvalue weighted by molar-refractivity contribution is -0.136. The van der Waals surface area contributed by atoms with Crippen LogP contribution in [0.2, 0.25) is 0 Å². The van der Waals surface area contributed by atoms with E-state index >= 15 is 0 Å². The van der Waals surface area contributed by atoms with E-state index in [0.717, 1.165) is 0 Å². The summed E-state index contributed by atoms with van der Waals surface area (Å²) in [6, 6.07) is 3.93. The summed E-state index contributed by atoms with van der Waals surface area (Å²) in [5.74, 6) is -1.14. The number of hydrogen-bond acceptors (Lipinski definition) is 5. The number of amides is 1. The first-order valence-electron chi connectivity index (χ1n) is 7.00. The van der Waals surface area contributed by atoms with Crippen LogP contribution in [-0.4, -0.2) is 32.8 Å². The van der Waals surface area contributed by atoms with Crippen LogP contribution in [0, 0.1) is 5.82 Å². The first-order chi connectivity index (χ1) is 11.4. The Morgan fingerprint density at radius 1 is 1.38 bits per heavy atom. The maximum absolute atomic E-state index is 13.3. The summed E-state index contributed by atoms with van der Waals surface area (Å²) in [5, 5.41) is 2.60. The Bertz CT molecular complexity index is 696. The van der Waals surface area contributed by atoms with Crippen molar-refractivity contribution in [2.24, 2.45) is 4.99 Å². The fourth-order valence-corrected chi connectivity index (χ4v) is 1.88. The van der Waals surface area contributed by atoms with Crippen LogP contribution in [0.1, 0.15) is 12.5 Å². The summed E-state index contributed by atoms with van der Waals surface area (Å²) < 4.78 is 23.0. The number of aliphatic imine (C=N–C) groups is 1. The summed E-state index contributed by atoms with van der Waals surface area (Å²) in [6.07, 6.45) is 2.82. The largest absolute Gasteiger partial charge is 0.496 e. The third-order valence-corrected chi connectivity index (χ3v) is 3.05. The Morgan fingerprint density at radius 2 is 2.08 bits per heavy atom. The number of nitrogens with one attached hydrogen (secondary N) is 1. The van der Waals surface area contributed by atoms with Gasteiger partial charge in [-0.3, -0.25) is 9.79 Å². The second-order valence-electron chi connectivity index (χ2n) is 4.60. The van der Waals surface area contributed by atoms with E-state index in [1.165, 1.54) is 38.5 Å². The molecule has 0 aliphatic rings. The fourth-order valence-electron chi connectivity index (χ4n) is 1.88. The van der Waals surface area contributed by atoms with Gasteiger partial charge in [0.1, 0.15) is 17.3 Å². The number of esters is 1.